The van der Waals surface area contributed by atoms with Crippen LogP contribution in [0.5, 0.6) is 0 Å². The average molecular weight is 384 g/mol. The summed E-state index contributed by atoms with van der Waals surface area (Å²) in [6, 6.07) is 0. The molecule has 0 heterocycles. The number of aliphatic hydroxyl groups is 3. The highest BCUT2D eigenvalue weighted by molar-refractivity contribution is 14.1. The molecule has 3 N–H and O–H groups in total. The molecule has 0 rings (SSSR count). The van der Waals surface area contributed by atoms with Gasteiger partial charge in [-0.1, -0.05) is 45.2 Å². The third kappa shape index (κ3) is 4.94. The molecule has 0 aromatic carbocycles. The third-order valence-corrected chi connectivity index (χ3v) is 3.09. The van der Waals surface area contributed by atoms with Gasteiger partial charge < -0.3 is 15.3 Å². The van der Waals surface area contributed by atoms with Crippen LogP contribution in [0.25, 0.3) is 0 Å². The fourth-order valence-corrected chi connectivity index (χ4v) is 1.69. The number of hydrogen-bond donors (Lipinski definition) is 3. The lowest BCUT2D eigenvalue weighted by Crippen LogP contribution is -2.05. The predicted molar refractivity (Wildman–Crippen MR) is 60.8 cm³/mol. The molecule has 0 aromatic heterocycles. The lowest BCUT2D eigenvalue weighted by molar-refractivity contribution is 0.155. The topological polar surface area (TPSA) is 60.7 Å². The molecule has 0 aliphatic rings. The molecule has 0 saturated carbocycles. The molecule has 0 fully saturated rings. The van der Waals surface area contributed by atoms with E-state index in [-0.39, 0.29) is 9.68 Å². The van der Waals surface area contributed by atoms with Crippen molar-refractivity contribution in [1.82, 2.24) is 0 Å². The van der Waals surface area contributed by atoms with E-state index >= 15 is 0 Å². The van der Waals surface area contributed by atoms with E-state index in [9.17, 15) is 0 Å². The quantitative estimate of drug-likeness (QED) is 0.397. The molecule has 0 aliphatic heterocycles. The Balaban J connectivity index is 3.83. The van der Waals surface area contributed by atoms with Gasteiger partial charge in [0.15, 0.2) is 5.76 Å². The lowest BCUT2D eigenvalue weighted by Gasteiger charge is -2.06. The van der Waals surface area contributed by atoms with Crippen LogP contribution in [0.1, 0.15) is 12.8 Å². The first-order valence-corrected chi connectivity index (χ1v) is 5.87. The van der Waals surface area contributed by atoms with Crippen LogP contribution in [-0.2, 0) is 0 Å². The number of rotatable bonds is 4. The second-order valence-corrected chi connectivity index (χ2v) is 4.59. The van der Waals surface area contributed by atoms with Gasteiger partial charge in [-0.3, -0.25) is 0 Å². The summed E-state index contributed by atoms with van der Waals surface area (Å²) in [6.07, 6.45) is 1.73. The van der Waals surface area contributed by atoms with Crippen molar-refractivity contribution in [3.05, 3.63) is 11.7 Å². The fraction of sp³-hybridized carbons (Fsp3) is 0.667. The predicted octanol–water partition coefficient (Wildman–Crippen LogP) is 2.85. The average Bonchev–Trinajstić information content (AvgIpc) is 1.98. The maximum Gasteiger partial charge on any atom is 0.314 e. The minimum Gasteiger partial charge on any atom is -0.505 e. The van der Waals surface area contributed by atoms with Gasteiger partial charge >= 0.3 is 5.95 Å². The Bertz CT molecular complexity index is 143. The molecule has 11 heavy (non-hydrogen) atoms. The zero-order chi connectivity index (χ0) is 8.85. The van der Waals surface area contributed by atoms with Crippen LogP contribution in [0.4, 0.5) is 0 Å². The largest absolute Gasteiger partial charge is 0.505 e. The van der Waals surface area contributed by atoms with Crippen molar-refractivity contribution in [2.75, 3.05) is 4.43 Å². The summed E-state index contributed by atoms with van der Waals surface area (Å²) in [5.41, 5.74) is 0. The number of hydrogen-bond acceptors (Lipinski definition) is 3. The number of aliphatic hydroxyl groups excluding tert-OH is 2. The summed E-state index contributed by atoms with van der Waals surface area (Å²) in [7, 11) is 0. The Morgan fingerprint density at radius 1 is 1.27 bits per heavy atom. The highest BCUT2D eigenvalue weighted by atomic mass is 127. The van der Waals surface area contributed by atoms with E-state index in [1.165, 1.54) is 0 Å². The Labute approximate surface area is 92.8 Å². The van der Waals surface area contributed by atoms with E-state index in [4.69, 9.17) is 15.3 Å². The number of alkyl halides is 2. The van der Waals surface area contributed by atoms with Gasteiger partial charge in [0, 0.05) is 0 Å². The highest BCUT2D eigenvalue weighted by Crippen LogP contribution is 2.18. The van der Waals surface area contributed by atoms with Crippen LogP contribution in [0.15, 0.2) is 11.7 Å². The van der Waals surface area contributed by atoms with Crippen LogP contribution >= 0.6 is 45.2 Å². The van der Waals surface area contributed by atoms with Crippen molar-refractivity contribution >= 4 is 45.2 Å². The monoisotopic (exact) mass is 384 g/mol. The molecule has 5 heteroatoms. The fourth-order valence-electron chi connectivity index (χ4n) is 0.533. The second kappa shape index (κ2) is 6.15. The molecule has 3 nitrogen and oxygen atoms in total. The molecule has 0 saturated heterocycles. The van der Waals surface area contributed by atoms with Crippen molar-refractivity contribution in [2.24, 2.45) is 0 Å². The van der Waals surface area contributed by atoms with Gasteiger partial charge in [-0.15, -0.1) is 0 Å². The minimum absolute atomic E-state index is 0.188. The van der Waals surface area contributed by atoms with E-state index in [2.05, 4.69) is 22.6 Å². The molecule has 0 spiro atoms. The molecule has 0 aliphatic carbocycles. The first kappa shape index (κ1) is 11.6. The summed E-state index contributed by atoms with van der Waals surface area (Å²) in [6.45, 7) is 0. The Morgan fingerprint density at radius 3 is 2.18 bits per heavy atom. The van der Waals surface area contributed by atoms with Crippen LogP contribution in [-0.4, -0.2) is 23.7 Å². The van der Waals surface area contributed by atoms with Gasteiger partial charge in [0.2, 0.25) is 0 Å². The summed E-state index contributed by atoms with van der Waals surface area (Å²) >= 11 is 4.21. The second-order valence-electron chi connectivity index (χ2n) is 2.01. The molecule has 0 aromatic rings. The first-order valence-electron chi connectivity index (χ1n) is 3.10. The number of allylic oxidation sites excluding steroid dienone is 1. The van der Waals surface area contributed by atoms with Crippen molar-refractivity contribution in [1.29, 1.82) is 0 Å². The van der Waals surface area contributed by atoms with Crippen LogP contribution < -0.4 is 0 Å². The van der Waals surface area contributed by atoms with Crippen molar-refractivity contribution < 1.29 is 15.3 Å². The molecule has 0 amide bonds. The smallest absolute Gasteiger partial charge is 0.314 e. The lowest BCUT2D eigenvalue weighted by atomic mass is 10.2. The van der Waals surface area contributed by atoms with Gasteiger partial charge in [0.25, 0.3) is 0 Å². The van der Waals surface area contributed by atoms with Crippen LogP contribution in [0.3, 0.4) is 0 Å². The highest BCUT2D eigenvalue weighted by Gasteiger charge is 2.13. The van der Waals surface area contributed by atoms with E-state index in [1.807, 2.05) is 22.6 Å². The standard InChI is InChI=1S/C6H10I2O3/c7-3-1-2-4(8)5(9)6(10)11/h4,9-11H,1-3H2. The van der Waals surface area contributed by atoms with Crippen molar-refractivity contribution in [3.8, 4) is 0 Å². The Hall–Kier alpha value is 0.600. The van der Waals surface area contributed by atoms with Gasteiger partial charge in [-0.05, 0) is 17.3 Å². The summed E-state index contributed by atoms with van der Waals surface area (Å²) in [4.78, 5) is 0. The third-order valence-electron chi connectivity index (χ3n) is 1.12. The van der Waals surface area contributed by atoms with Gasteiger partial charge in [-0.2, -0.15) is 0 Å². The summed E-state index contributed by atoms with van der Waals surface area (Å²) in [5.74, 6) is -1.28. The SMILES string of the molecule is OC(O)=C(O)C(I)CCCI. The van der Waals surface area contributed by atoms with Gasteiger partial charge in [0.1, 0.15) is 0 Å². The maximum absolute atomic E-state index is 8.99. The Morgan fingerprint density at radius 2 is 1.82 bits per heavy atom. The maximum atomic E-state index is 8.99. The normalized spacial score (nSPS) is 12.5. The Kier molecular flexibility index (Phi) is 6.49. The van der Waals surface area contributed by atoms with Gasteiger partial charge in [-0.25, -0.2) is 0 Å². The molecule has 1 atom stereocenters. The molecular formula is C6H10I2O3. The van der Waals surface area contributed by atoms with E-state index in [0.29, 0.717) is 0 Å². The number of halogens is 2. The van der Waals surface area contributed by atoms with Crippen LogP contribution in [0, 0.1) is 0 Å². The summed E-state index contributed by atoms with van der Waals surface area (Å²) < 4.78 is 0.823. The van der Waals surface area contributed by atoms with E-state index < -0.39 is 5.95 Å². The van der Waals surface area contributed by atoms with Crippen molar-refractivity contribution in [3.63, 3.8) is 0 Å². The van der Waals surface area contributed by atoms with Crippen molar-refractivity contribution in [2.45, 2.75) is 16.8 Å². The summed E-state index contributed by atoms with van der Waals surface area (Å²) in [5, 5.41) is 25.9. The molecule has 0 bridgehead atoms. The molecular weight excluding hydrogens is 374 g/mol. The minimum atomic E-state index is -0.960. The first-order chi connectivity index (χ1) is 5.09. The molecule has 66 valence electrons. The molecule has 0 radical (unpaired) electrons. The zero-order valence-electron chi connectivity index (χ0n) is 5.80. The van der Waals surface area contributed by atoms with E-state index in [0.717, 1.165) is 17.3 Å². The molecule has 1 unspecified atom stereocenters. The van der Waals surface area contributed by atoms with Crippen LogP contribution in [0.2, 0.25) is 0 Å². The zero-order valence-corrected chi connectivity index (χ0v) is 10.1. The van der Waals surface area contributed by atoms with E-state index in [1.54, 1.807) is 0 Å². The van der Waals surface area contributed by atoms with Gasteiger partial charge in [0.05, 0.1) is 3.92 Å².